The van der Waals surface area contributed by atoms with E-state index in [0.717, 1.165) is 11.4 Å². The van der Waals surface area contributed by atoms with Gasteiger partial charge in [0.05, 0.1) is 12.2 Å². The van der Waals surface area contributed by atoms with E-state index >= 15 is 0 Å². The van der Waals surface area contributed by atoms with Crippen LogP contribution in [0.25, 0.3) is 0 Å². The summed E-state index contributed by atoms with van der Waals surface area (Å²) in [6.07, 6.45) is 3.91. The Morgan fingerprint density at radius 3 is 3.11 bits per heavy atom. The number of hydrogen-bond acceptors (Lipinski definition) is 4. The van der Waals surface area contributed by atoms with Crippen molar-refractivity contribution in [2.45, 2.75) is 12.3 Å². The van der Waals surface area contributed by atoms with Gasteiger partial charge >= 0.3 is 0 Å². The molecule has 2 heterocycles. The van der Waals surface area contributed by atoms with E-state index in [1.807, 2.05) is 36.2 Å². The van der Waals surface area contributed by atoms with Crippen LogP contribution in [-0.2, 0) is 19.3 Å². The van der Waals surface area contributed by atoms with E-state index in [9.17, 15) is 4.79 Å². The van der Waals surface area contributed by atoms with E-state index in [0.29, 0.717) is 18.0 Å². The van der Waals surface area contributed by atoms with Gasteiger partial charge in [0.15, 0.2) is 5.69 Å². The minimum absolute atomic E-state index is 0.200. The number of H-pyrrole nitrogens is 1. The number of aromatic amines is 1. The number of carbonyl (C=O) groups excluding carboxylic acids is 1. The lowest BCUT2D eigenvalue weighted by atomic mass is 10.3. The largest absolute Gasteiger partial charge is 0.353 e. The van der Waals surface area contributed by atoms with Crippen LogP contribution in [0.5, 0.6) is 0 Å². The Morgan fingerprint density at radius 2 is 2.44 bits per heavy atom. The Hall–Kier alpha value is -1.76. The second kappa shape index (κ2) is 5.72. The first-order valence-corrected chi connectivity index (χ1v) is 6.89. The second-order valence-electron chi connectivity index (χ2n) is 3.87. The summed E-state index contributed by atoms with van der Waals surface area (Å²) in [5.74, 6) is 0.494. The monoisotopic (exact) mass is 265 g/mol. The second-order valence-corrected chi connectivity index (χ2v) is 4.73. The topological polar surface area (TPSA) is 75.6 Å². The van der Waals surface area contributed by atoms with Crippen LogP contribution in [0.2, 0.25) is 0 Å². The molecule has 0 unspecified atom stereocenters. The van der Waals surface area contributed by atoms with Gasteiger partial charge in [-0.15, -0.1) is 5.10 Å². The van der Waals surface area contributed by atoms with E-state index in [-0.39, 0.29) is 5.91 Å². The third-order valence-electron chi connectivity index (χ3n) is 2.61. The first kappa shape index (κ1) is 12.7. The highest BCUT2D eigenvalue weighted by atomic mass is 32.2. The van der Waals surface area contributed by atoms with E-state index in [2.05, 4.69) is 20.7 Å². The quantitative estimate of drug-likeness (QED) is 0.843. The Morgan fingerprint density at radius 1 is 1.61 bits per heavy atom. The molecule has 0 bridgehead atoms. The first-order chi connectivity index (χ1) is 8.72. The smallest absolute Gasteiger partial charge is 0.274 e. The van der Waals surface area contributed by atoms with Gasteiger partial charge in [-0.3, -0.25) is 9.89 Å². The number of carbonyl (C=O) groups is 1. The van der Waals surface area contributed by atoms with Gasteiger partial charge in [0, 0.05) is 24.7 Å². The molecule has 0 saturated heterocycles. The van der Waals surface area contributed by atoms with E-state index < -0.39 is 0 Å². The summed E-state index contributed by atoms with van der Waals surface area (Å²) >= 11 is 1.61. The van der Waals surface area contributed by atoms with Gasteiger partial charge in [-0.1, -0.05) is 5.21 Å². The van der Waals surface area contributed by atoms with Crippen LogP contribution in [0.3, 0.4) is 0 Å². The minimum Gasteiger partial charge on any atom is -0.353 e. The molecule has 0 aliphatic rings. The Kier molecular flexibility index (Phi) is 4.03. The predicted molar refractivity (Wildman–Crippen MR) is 70.2 cm³/mol. The van der Waals surface area contributed by atoms with Crippen molar-refractivity contribution in [2.75, 3.05) is 6.26 Å². The fourth-order valence-corrected chi connectivity index (χ4v) is 2.10. The van der Waals surface area contributed by atoms with Gasteiger partial charge in [0.25, 0.3) is 5.91 Å². The molecule has 1 amide bonds. The molecule has 6 nitrogen and oxygen atoms in total. The molecular weight excluding hydrogens is 250 g/mol. The maximum absolute atomic E-state index is 12.0. The van der Waals surface area contributed by atoms with Gasteiger partial charge in [-0.2, -0.15) is 11.8 Å². The fraction of sp³-hybridized carbons (Fsp3) is 0.364. The van der Waals surface area contributed by atoms with Crippen LogP contribution >= 0.6 is 11.8 Å². The lowest BCUT2D eigenvalue weighted by molar-refractivity contribution is 0.0944. The zero-order chi connectivity index (χ0) is 13.0. The number of aromatic nitrogens is 4. The van der Waals surface area contributed by atoms with Gasteiger partial charge < -0.3 is 9.88 Å². The van der Waals surface area contributed by atoms with Crippen LogP contribution in [-0.4, -0.2) is 32.1 Å². The van der Waals surface area contributed by atoms with Crippen molar-refractivity contribution in [2.24, 2.45) is 7.05 Å². The molecular formula is C11H15N5OS. The molecule has 2 N–H and O–H groups in total. The van der Waals surface area contributed by atoms with Crippen LogP contribution in [0.4, 0.5) is 0 Å². The zero-order valence-electron chi connectivity index (χ0n) is 10.3. The molecule has 0 aliphatic heterocycles. The molecule has 18 heavy (non-hydrogen) atoms. The summed E-state index contributed by atoms with van der Waals surface area (Å²) in [5.41, 5.74) is 2.17. The van der Waals surface area contributed by atoms with Gasteiger partial charge in [-0.25, -0.2) is 0 Å². The summed E-state index contributed by atoms with van der Waals surface area (Å²) in [7, 11) is 1.94. The summed E-state index contributed by atoms with van der Waals surface area (Å²) in [5, 5.41) is 13.1. The highest BCUT2D eigenvalue weighted by molar-refractivity contribution is 7.97. The number of aryl methyl sites for hydroxylation is 1. The van der Waals surface area contributed by atoms with Crippen molar-refractivity contribution in [3.05, 3.63) is 35.4 Å². The van der Waals surface area contributed by atoms with Crippen molar-refractivity contribution in [3.8, 4) is 0 Å². The molecule has 2 aromatic heterocycles. The lowest BCUT2D eigenvalue weighted by Crippen LogP contribution is -2.25. The molecule has 96 valence electrons. The van der Waals surface area contributed by atoms with E-state index in [1.165, 1.54) is 0 Å². The molecule has 0 aromatic carbocycles. The first-order valence-electron chi connectivity index (χ1n) is 5.49. The molecule has 0 spiro atoms. The maximum Gasteiger partial charge on any atom is 0.274 e. The summed E-state index contributed by atoms with van der Waals surface area (Å²) in [4.78, 5) is 12.0. The molecule has 0 saturated carbocycles. The highest BCUT2D eigenvalue weighted by Gasteiger charge is 2.15. The fourth-order valence-electron chi connectivity index (χ4n) is 1.61. The highest BCUT2D eigenvalue weighted by Crippen LogP contribution is 2.09. The van der Waals surface area contributed by atoms with Gasteiger partial charge in [-0.05, 0) is 18.4 Å². The number of nitrogens with one attached hydrogen (secondary N) is 2. The maximum atomic E-state index is 12.0. The van der Waals surface area contributed by atoms with Gasteiger partial charge in [0.2, 0.25) is 0 Å². The third kappa shape index (κ3) is 2.73. The van der Waals surface area contributed by atoms with Crippen LogP contribution < -0.4 is 5.32 Å². The van der Waals surface area contributed by atoms with E-state index in [1.54, 1.807) is 11.8 Å². The minimum atomic E-state index is -0.200. The number of thioether (sulfide) groups is 1. The summed E-state index contributed by atoms with van der Waals surface area (Å²) in [6, 6.07) is 3.91. The predicted octanol–water partition coefficient (Wildman–Crippen LogP) is 0.936. The van der Waals surface area contributed by atoms with Gasteiger partial charge in [0.1, 0.15) is 0 Å². The molecule has 2 aromatic rings. The van der Waals surface area contributed by atoms with Crippen molar-refractivity contribution in [3.63, 3.8) is 0 Å². The van der Waals surface area contributed by atoms with Crippen molar-refractivity contribution < 1.29 is 4.79 Å². The number of rotatable bonds is 5. The average Bonchev–Trinajstić information content (AvgIpc) is 2.96. The van der Waals surface area contributed by atoms with Crippen LogP contribution in [0, 0.1) is 0 Å². The Balaban J connectivity index is 1.99. The molecule has 0 radical (unpaired) electrons. The summed E-state index contributed by atoms with van der Waals surface area (Å²) in [6.45, 7) is 0.480. The van der Waals surface area contributed by atoms with E-state index in [4.69, 9.17) is 0 Å². The van der Waals surface area contributed by atoms with Crippen molar-refractivity contribution >= 4 is 17.7 Å². The Bertz CT molecular complexity index is 533. The zero-order valence-corrected chi connectivity index (χ0v) is 11.1. The Labute approximate surface area is 109 Å². The molecule has 2 rings (SSSR count). The van der Waals surface area contributed by atoms with Crippen LogP contribution in [0.15, 0.2) is 18.3 Å². The standard InChI is InChI=1S/C11H15N5OS/c1-16-5-3-4-8(16)6-12-11(17)10-9(7-18-2)13-15-14-10/h3-5H,6-7H2,1-2H3,(H,12,17)(H,13,14,15). The normalized spacial score (nSPS) is 10.6. The third-order valence-corrected chi connectivity index (χ3v) is 3.18. The SMILES string of the molecule is CSCc1[nH]nnc1C(=O)NCc1cccn1C. The summed E-state index contributed by atoms with van der Waals surface area (Å²) < 4.78 is 1.96. The lowest BCUT2D eigenvalue weighted by Gasteiger charge is -2.05. The molecule has 0 aliphatic carbocycles. The number of amides is 1. The molecule has 0 atom stereocenters. The van der Waals surface area contributed by atoms with Crippen molar-refractivity contribution in [1.29, 1.82) is 0 Å². The average molecular weight is 265 g/mol. The molecule has 7 heteroatoms. The number of hydrogen-bond donors (Lipinski definition) is 2. The molecule has 0 fully saturated rings. The van der Waals surface area contributed by atoms with Crippen molar-refractivity contribution in [1.82, 2.24) is 25.3 Å². The van der Waals surface area contributed by atoms with Crippen LogP contribution in [0.1, 0.15) is 21.9 Å². The number of nitrogens with zero attached hydrogens (tertiary/aromatic N) is 3.